The van der Waals surface area contributed by atoms with E-state index >= 15 is 0 Å². The molecule has 0 spiro atoms. The van der Waals surface area contributed by atoms with Crippen LogP contribution in [0.5, 0.6) is 5.75 Å². The number of fused-ring (bicyclic) bond motifs is 1. The summed E-state index contributed by atoms with van der Waals surface area (Å²) in [5.41, 5.74) is 6.44. The van der Waals surface area contributed by atoms with E-state index in [-0.39, 0.29) is 0 Å². The van der Waals surface area contributed by atoms with Gasteiger partial charge in [-0.25, -0.2) is 0 Å². The second kappa shape index (κ2) is 4.70. The van der Waals surface area contributed by atoms with Crippen LogP contribution in [0.2, 0.25) is 0 Å². The summed E-state index contributed by atoms with van der Waals surface area (Å²) in [4.78, 5) is 1.22. The van der Waals surface area contributed by atoms with Gasteiger partial charge in [-0.05, 0) is 29.7 Å². The average molecular weight is 255 g/mol. The van der Waals surface area contributed by atoms with Crippen molar-refractivity contribution in [1.29, 1.82) is 0 Å². The largest absolute Gasteiger partial charge is 0.488 e. The quantitative estimate of drug-likeness (QED) is 0.716. The Labute approximate surface area is 110 Å². The van der Waals surface area contributed by atoms with Gasteiger partial charge in [-0.15, -0.1) is 11.3 Å². The minimum absolute atomic E-state index is 0.586. The van der Waals surface area contributed by atoms with Crippen molar-refractivity contribution in [2.24, 2.45) is 0 Å². The van der Waals surface area contributed by atoms with Gasteiger partial charge in [-0.2, -0.15) is 0 Å². The molecule has 0 aliphatic rings. The van der Waals surface area contributed by atoms with E-state index in [0.717, 1.165) is 11.4 Å². The number of anilines is 1. The lowest BCUT2D eigenvalue weighted by molar-refractivity contribution is 0.310. The Hall–Kier alpha value is -2.00. The molecule has 3 rings (SSSR count). The molecule has 90 valence electrons. The minimum Gasteiger partial charge on any atom is -0.488 e. The molecule has 3 aromatic rings. The Bertz CT molecular complexity index is 642. The fraction of sp³-hybridized carbons (Fsp3) is 0.0667. The van der Waals surface area contributed by atoms with Gasteiger partial charge in [0.05, 0.1) is 0 Å². The summed E-state index contributed by atoms with van der Waals surface area (Å²) < 4.78 is 7.03. The molecule has 0 amide bonds. The lowest BCUT2D eigenvalue weighted by Gasteiger charge is -2.04. The maximum absolute atomic E-state index is 5.73. The molecule has 2 nitrogen and oxygen atoms in total. The molecular weight excluding hydrogens is 242 g/mol. The monoisotopic (exact) mass is 255 g/mol. The molecule has 0 aliphatic heterocycles. The number of nitrogen functional groups attached to an aromatic ring is 1. The fourth-order valence-corrected chi connectivity index (χ4v) is 2.84. The van der Waals surface area contributed by atoms with Crippen LogP contribution in [0.3, 0.4) is 0 Å². The third-order valence-electron chi connectivity index (χ3n) is 2.72. The number of benzene rings is 2. The molecule has 0 unspecified atom stereocenters. The Balaban J connectivity index is 1.76. The van der Waals surface area contributed by atoms with Crippen LogP contribution in [0.4, 0.5) is 5.69 Å². The highest BCUT2D eigenvalue weighted by atomic mass is 32.1. The maximum Gasteiger partial charge on any atom is 0.122 e. The predicted octanol–water partition coefficient (Wildman–Crippen LogP) is 4.06. The fourth-order valence-electron chi connectivity index (χ4n) is 1.87. The van der Waals surface area contributed by atoms with Gasteiger partial charge >= 0.3 is 0 Å². The Morgan fingerprint density at radius 1 is 1.00 bits per heavy atom. The number of hydrogen-bond acceptors (Lipinski definition) is 3. The van der Waals surface area contributed by atoms with E-state index in [4.69, 9.17) is 10.5 Å². The summed E-state index contributed by atoms with van der Waals surface area (Å²) >= 11 is 1.76. The van der Waals surface area contributed by atoms with Gasteiger partial charge < -0.3 is 10.5 Å². The molecule has 2 N–H and O–H groups in total. The minimum atomic E-state index is 0.586. The topological polar surface area (TPSA) is 35.2 Å². The van der Waals surface area contributed by atoms with E-state index < -0.39 is 0 Å². The predicted molar refractivity (Wildman–Crippen MR) is 77.0 cm³/mol. The summed E-state index contributed by atoms with van der Waals surface area (Å²) in [6.07, 6.45) is 0. The average Bonchev–Trinajstić information content (AvgIpc) is 2.79. The van der Waals surface area contributed by atoms with Gasteiger partial charge in [0.25, 0.3) is 0 Å². The number of thiophene rings is 1. The van der Waals surface area contributed by atoms with E-state index in [1.807, 2.05) is 24.3 Å². The molecule has 0 saturated heterocycles. The zero-order chi connectivity index (χ0) is 12.4. The Morgan fingerprint density at radius 2 is 1.89 bits per heavy atom. The SMILES string of the molecule is Nc1cccc(OCc2cc3ccccc3s2)c1. The van der Waals surface area contributed by atoms with Gasteiger partial charge in [0.2, 0.25) is 0 Å². The van der Waals surface area contributed by atoms with E-state index in [1.54, 1.807) is 11.3 Å². The zero-order valence-corrected chi connectivity index (χ0v) is 10.6. The van der Waals surface area contributed by atoms with Crippen molar-refractivity contribution >= 4 is 27.1 Å². The third kappa shape index (κ3) is 2.31. The molecule has 2 aromatic carbocycles. The summed E-state index contributed by atoms with van der Waals surface area (Å²) in [5, 5.41) is 1.27. The van der Waals surface area contributed by atoms with Crippen molar-refractivity contribution in [1.82, 2.24) is 0 Å². The van der Waals surface area contributed by atoms with Crippen LogP contribution >= 0.6 is 11.3 Å². The van der Waals surface area contributed by atoms with E-state index in [1.165, 1.54) is 15.0 Å². The van der Waals surface area contributed by atoms with Crippen LogP contribution in [0, 0.1) is 0 Å². The highest BCUT2D eigenvalue weighted by Gasteiger charge is 2.02. The second-order valence-electron chi connectivity index (χ2n) is 4.11. The molecular formula is C15H13NOS. The van der Waals surface area contributed by atoms with Gasteiger partial charge in [-0.1, -0.05) is 24.3 Å². The molecule has 3 heteroatoms. The van der Waals surface area contributed by atoms with Gasteiger partial charge in [-0.3, -0.25) is 0 Å². The first-order valence-electron chi connectivity index (χ1n) is 5.77. The van der Waals surface area contributed by atoms with Gasteiger partial charge in [0.1, 0.15) is 12.4 Å². The number of ether oxygens (including phenoxy) is 1. The lowest BCUT2D eigenvalue weighted by Crippen LogP contribution is -1.93. The second-order valence-corrected chi connectivity index (χ2v) is 5.28. The number of rotatable bonds is 3. The first kappa shape index (κ1) is 11.1. The highest BCUT2D eigenvalue weighted by molar-refractivity contribution is 7.19. The Morgan fingerprint density at radius 3 is 2.72 bits per heavy atom. The maximum atomic E-state index is 5.73. The zero-order valence-electron chi connectivity index (χ0n) is 9.80. The molecule has 0 bridgehead atoms. The summed E-state index contributed by atoms with van der Waals surface area (Å²) in [6.45, 7) is 0.586. The van der Waals surface area contributed by atoms with E-state index in [0.29, 0.717) is 6.61 Å². The van der Waals surface area contributed by atoms with Crippen LogP contribution < -0.4 is 10.5 Å². The number of hydrogen-bond donors (Lipinski definition) is 1. The smallest absolute Gasteiger partial charge is 0.122 e. The van der Waals surface area contributed by atoms with Crippen molar-refractivity contribution in [3.05, 3.63) is 59.5 Å². The summed E-state index contributed by atoms with van der Waals surface area (Å²) in [5.74, 6) is 0.812. The van der Waals surface area contributed by atoms with Crippen molar-refractivity contribution in [3.63, 3.8) is 0 Å². The van der Waals surface area contributed by atoms with Gasteiger partial charge in [0.15, 0.2) is 0 Å². The third-order valence-corrected chi connectivity index (χ3v) is 3.81. The number of nitrogens with two attached hydrogens (primary N) is 1. The van der Waals surface area contributed by atoms with E-state index in [9.17, 15) is 0 Å². The van der Waals surface area contributed by atoms with Crippen molar-refractivity contribution < 1.29 is 4.74 Å². The molecule has 0 aliphatic carbocycles. The van der Waals surface area contributed by atoms with Crippen LogP contribution in [-0.4, -0.2) is 0 Å². The van der Waals surface area contributed by atoms with Crippen molar-refractivity contribution in [2.45, 2.75) is 6.61 Å². The van der Waals surface area contributed by atoms with Crippen molar-refractivity contribution in [3.8, 4) is 5.75 Å². The molecule has 0 atom stereocenters. The molecule has 18 heavy (non-hydrogen) atoms. The normalized spacial score (nSPS) is 10.7. The van der Waals surface area contributed by atoms with Gasteiger partial charge in [0, 0.05) is 21.3 Å². The standard InChI is InChI=1S/C15H13NOS/c16-12-5-3-6-13(9-12)17-10-14-8-11-4-1-2-7-15(11)18-14/h1-9H,10,16H2. The van der Waals surface area contributed by atoms with Crippen LogP contribution in [0.1, 0.15) is 4.88 Å². The first-order valence-corrected chi connectivity index (χ1v) is 6.59. The van der Waals surface area contributed by atoms with E-state index in [2.05, 4.69) is 30.3 Å². The Kier molecular flexibility index (Phi) is 2.90. The first-order chi connectivity index (χ1) is 8.81. The summed E-state index contributed by atoms with van der Waals surface area (Å²) in [6, 6.07) is 18.0. The van der Waals surface area contributed by atoms with Crippen LogP contribution in [0.25, 0.3) is 10.1 Å². The molecule has 1 aromatic heterocycles. The molecule has 0 saturated carbocycles. The van der Waals surface area contributed by atoms with Crippen molar-refractivity contribution in [2.75, 3.05) is 5.73 Å². The summed E-state index contributed by atoms with van der Waals surface area (Å²) in [7, 11) is 0. The molecule has 1 heterocycles. The van der Waals surface area contributed by atoms with Crippen LogP contribution in [0.15, 0.2) is 54.6 Å². The molecule has 0 fully saturated rings. The molecule has 0 radical (unpaired) electrons. The highest BCUT2D eigenvalue weighted by Crippen LogP contribution is 2.26. The lowest BCUT2D eigenvalue weighted by atomic mass is 10.2. The van der Waals surface area contributed by atoms with Crippen LogP contribution in [-0.2, 0) is 6.61 Å².